The van der Waals surface area contributed by atoms with Crippen LogP contribution in [0.2, 0.25) is 0 Å². The monoisotopic (exact) mass is 164 g/mol. The van der Waals surface area contributed by atoms with Crippen LogP contribution in [-0.2, 0) is 6.42 Å². The molecule has 0 fully saturated rings. The summed E-state index contributed by atoms with van der Waals surface area (Å²) in [7, 11) is 1.65. The summed E-state index contributed by atoms with van der Waals surface area (Å²) < 4.78 is 0. The molecular formula is C9H12N2O. The minimum atomic E-state index is 0.884. The summed E-state index contributed by atoms with van der Waals surface area (Å²) in [4.78, 5) is 10.2. The number of hydrogen-bond acceptors (Lipinski definition) is 2. The lowest BCUT2D eigenvalue weighted by Gasteiger charge is -2.12. The number of benzene rings is 1. The van der Waals surface area contributed by atoms with E-state index in [4.69, 9.17) is 0 Å². The van der Waals surface area contributed by atoms with E-state index >= 15 is 0 Å². The Bertz CT molecular complexity index is 273. The smallest absolute Gasteiger partial charge is 0.0654 e. The Labute approximate surface area is 72.0 Å². The van der Waals surface area contributed by atoms with Crippen LogP contribution < -0.4 is 5.01 Å². The molecule has 0 radical (unpaired) electrons. The van der Waals surface area contributed by atoms with Crippen molar-refractivity contribution in [3.8, 4) is 0 Å². The SMILES string of the molecule is CCc1ccccc1N(C)N=O. The van der Waals surface area contributed by atoms with Gasteiger partial charge in [0.25, 0.3) is 0 Å². The second-order valence-electron chi connectivity index (χ2n) is 2.59. The summed E-state index contributed by atoms with van der Waals surface area (Å²) in [6, 6.07) is 7.74. The quantitative estimate of drug-likeness (QED) is 0.507. The third-order valence-corrected chi connectivity index (χ3v) is 1.84. The minimum Gasteiger partial charge on any atom is -0.232 e. The van der Waals surface area contributed by atoms with Crippen molar-refractivity contribution in [1.29, 1.82) is 0 Å². The maximum atomic E-state index is 10.2. The zero-order chi connectivity index (χ0) is 8.97. The molecule has 0 aromatic heterocycles. The number of hydrogen-bond donors (Lipinski definition) is 0. The van der Waals surface area contributed by atoms with Gasteiger partial charge in [0, 0.05) is 7.05 Å². The van der Waals surface area contributed by atoms with E-state index in [1.165, 1.54) is 5.01 Å². The maximum Gasteiger partial charge on any atom is 0.0654 e. The molecule has 0 amide bonds. The minimum absolute atomic E-state index is 0.884. The van der Waals surface area contributed by atoms with Gasteiger partial charge in [-0.05, 0) is 18.1 Å². The lowest BCUT2D eigenvalue weighted by Crippen LogP contribution is -2.08. The number of para-hydroxylation sites is 1. The summed E-state index contributed by atoms with van der Waals surface area (Å²) in [6.45, 7) is 2.05. The summed E-state index contributed by atoms with van der Waals surface area (Å²) in [5.41, 5.74) is 2.02. The molecule has 0 N–H and O–H groups in total. The van der Waals surface area contributed by atoms with Crippen LogP contribution >= 0.6 is 0 Å². The molecule has 0 unspecified atom stereocenters. The first kappa shape index (κ1) is 8.71. The molecule has 3 heteroatoms. The van der Waals surface area contributed by atoms with E-state index in [1.807, 2.05) is 24.3 Å². The summed E-state index contributed by atoms with van der Waals surface area (Å²) >= 11 is 0. The third kappa shape index (κ3) is 1.61. The summed E-state index contributed by atoms with van der Waals surface area (Å²) in [5.74, 6) is 0. The van der Waals surface area contributed by atoms with Gasteiger partial charge < -0.3 is 0 Å². The first-order valence-corrected chi connectivity index (χ1v) is 3.94. The predicted octanol–water partition coefficient (Wildman–Crippen LogP) is 2.37. The van der Waals surface area contributed by atoms with Crippen molar-refractivity contribution >= 4 is 5.69 Å². The van der Waals surface area contributed by atoms with Crippen LogP contribution in [-0.4, -0.2) is 7.05 Å². The molecule has 0 heterocycles. The molecule has 0 aliphatic heterocycles. The lowest BCUT2D eigenvalue weighted by atomic mass is 10.1. The van der Waals surface area contributed by atoms with Gasteiger partial charge in [-0.1, -0.05) is 25.1 Å². The molecule has 1 aromatic rings. The third-order valence-electron chi connectivity index (χ3n) is 1.84. The van der Waals surface area contributed by atoms with Gasteiger partial charge in [0.1, 0.15) is 0 Å². The fraction of sp³-hybridized carbons (Fsp3) is 0.333. The molecule has 0 spiro atoms. The second-order valence-corrected chi connectivity index (χ2v) is 2.59. The average molecular weight is 164 g/mol. The van der Waals surface area contributed by atoms with E-state index in [-0.39, 0.29) is 0 Å². The van der Waals surface area contributed by atoms with E-state index in [9.17, 15) is 4.91 Å². The highest BCUT2D eigenvalue weighted by Crippen LogP contribution is 2.19. The Morgan fingerprint density at radius 1 is 1.42 bits per heavy atom. The van der Waals surface area contributed by atoms with Crippen molar-refractivity contribution in [2.75, 3.05) is 12.1 Å². The molecule has 0 bridgehead atoms. The molecule has 0 saturated heterocycles. The fourth-order valence-corrected chi connectivity index (χ4v) is 1.17. The molecule has 0 aliphatic carbocycles. The Hall–Kier alpha value is -1.38. The summed E-state index contributed by atoms with van der Waals surface area (Å²) in [6.07, 6.45) is 0.913. The van der Waals surface area contributed by atoms with Crippen molar-refractivity contribution < 1.29 is 0 Å². The molecule has 64 valence electrons. The van der Waals surface area contributed by atoms with Crippen LogP contribution in [0.5, 0.6) is 0 Å². The number of nitroso groups, excluding NO2 is 1. The zero-order valence-electron chi connectivity index (χ0n) is 7.32. The highest BCUT2D eigenvalue weighted by molar-refractivity contribution is 5.52. The number of rotatable bonds is 3. The van der Waals surface area contributed by atoms with Gasteiger partial charge in [0.2, 0.25) is 0 Å². The van der Waals surface area contributed by atoms with Gasteiger partial charge in [0.05, 0.1) is 11.0 Å². The Balaban J connectivity index is 3.04. The van der Waals surface area contributed by atoms with Gasteiger partial charge >= 0.3 is 0 Å². The Morgan fingerprint density at radius 3 is 2.67 bits per heavy atom. The highest BCUT2D eigenvalue weighted by atomic mass is 16.3. The Morgan fingerprint density at radius 2 is 2.08 bits per heavy atom. The molecule has 1 aromatic carbocycles. The van der Waals surface area contributed by atoms with Gasteiger partial charge in [-0.15, -0.1) is 4.91 Å². The largest absolute Gasteiger partial charge is 0.232 e. The van der Waals surface area contributed by atoms with E-state index < -0.39 is 0 Å². The number of aryl methyl sites for hydroxylation is 1. The highest BCUT2D eigenvalue weighted by Gasteiger charge is 2.03. The normalized spacial score (nSPS) is 9.50. The predicted molar refractivity (Wildman–Crippen MR) is 50.0 cm³/mol. The molecule has 0 atom stereocenters. The van der Waals surface area contributed by atoms with Crippen molar-refractivity contribution in [2.24, 2.45) is 5.29 Å². The van der Waals surface area contributed by atoms with Gasteiger partial charge in [-0.3, -0.25) is 0 Å². The van der Waals surface area contributed by atoms with Gasteiger partial charge in [0.15, 0.2) is 0 Å². The Kier molecular flexibility index (Phi) is 2.80. The van der Waals surface area contributed by atoms with Gasteiger partial charge in [-0.25, -0.2) is 5.01 Å². The van der Waals surface area contributed by atoms with Gasteiger partial charge in [-0.2, -0.15) is 0 Å². The van der Waals surface area contributed by atoms with Crippen LogP contribution in [0.1, 0.15) is 12.5 Å². The molecular weight excluding hydrogens is 152 g/mol. The van der Waals surface area contributed by atoms with Crippen LogP contribution in [0.4, 0.5) is 5.69 Å². The summed E-state index contributed by atoms with van der Waals surface area (Å²) in [5, 5.41) is 4.20. The fourth-order valence-electron chi connectivity index (χ4n) is 1.17. The van der Waals surface area contributed by atoms with E-state index in [0.29, 0.717) is 0 Å². The number of anilines is 1. The van der Waals surface area contributed by atoms with Crippen molar-refractivity contribution in [1.82, 2.24) is 0 Å². The average Bonchev–Trinajstić information content (AvgIpc) is 2.16. The van der Waals surface area contributed by atoms with Crippen molar-refractivity contribution in [2.45, 2.75) is 13.3 Å². The molecule has 1 rings (SSSR count). The number of nitrogens with zero attached hydrogens (tertiary/aromatic N) is 2. The van der Waals surface area contributed by atoms with Crippen molar-refractivity contribution in [3.63, 3.8) is 0 Å². The molecule has 12 heavy (non-hydrogen) atoms. The van der Waals surface area contributed by atoms with Crippen LogP contribution in [0.3, 0.4) is 0 Å². The van der Waals surface area contributed by atoms with E-state index in [0.717, 1.165) is 17.7 Å². The van der Waals surface area contributed by atoms with Crippen LogP contribution in [0.15, 0.2) is 29.6 Å². The van der Waals surface area contributed by atoms with Crippen LogP contribution in [0.25, 0.3) is 0 Å². The first-order valence-electron chi connectivity index (χ1n) is 3.94. The molecule has 3 nitrogen and oxygen atoms in total. The standard InChI is InChI=1S/C9H12N2O/c1-3-8-6-4-5-7-9(8)11(2)10-12/h4-7H,3H2,1-2H3. The maximum absolute atomic E-state index is 10.2. The van der Waals surface area contributed by atoms with E-state index in [2.05, 4.69) is 12.2 Å². The second kappa shape index (κ2) is 3.85. The molecule has 0 saturated carbocycles. The zero-order valence-corrected chi connectivity index (χ0v) is 7.32. The first-order chi connectivity index (χ1) is 5.79. The lowest BCUT2D eigenvalue weighted by molar-refractivity contribution is 0.977. The van der Waals surface area contributed by atoms with Crippen LogP contribution in [0, 0.1) is 4.91 Å². The van der Waals surface area contributed by atoms with Crippen molar-refractivity contribution in [3.05, 3.63) is 34.7 Å². The van der Waals surface area contributed by atoms with E-state index in [1.54, 1.807) is 7.05 Å². The molecule has 0 aliphatic rings. The topological polar surface area (TPSA) is 32.7 Å².